The number of amidine groups is 2. The zero-order valence-corrected chi connectivity index (χ0v) is 21.4. The largest absolute Gasteiger partial charge is 0.318 e. The summed E-state index contributed by atoms with van der Waals surface area (Å²) in [6.45, 7) is 6.25. The van der Waals surface area contributed by atoms with Crippen molar-refractivity contribution in [1.82, 2.24) is 9.58 Å². The Hall–Kier alpha value is -3.36. The van der Waals surface area contributed by atoms with Gasteiger partial charge in [0.2, 0.25) is 5.17 Å². The first-order chi connectivity index (χ1) is 17.0. The summed E-state index contributed by atoms with van der Waals surface area (Å²) in [6.07, 6.45) is 2.70. The van der Waals surface area contributed by atoms with Gasteiger partial charge in [-0.1, -0.05) is 67.2 Å². The number of aromatic nitrogens is 1. The minimum absolute atomic E-state index is 0.0570. The summed E-state index contributed by atoms with van der Waals surface area (Å²) in [5.41, 5.74) is 6.83. The summed E-state index contributed by atoms with van der Waals surface area (Å²) in [4.78, 5) is 17.2. The molecule has 0 saturated heterocycles. The number of amides is 1. The van der Waals surface area contributed by atoms with Crippen LogP contribution < -0.4 is 0 Å². The van der Waals surface area contributed by atoms with Crippen LogP contribution in [0.25, 0.3) is 11.8 Å². The third-order valence-corrected chi connectivity index (χ3v) is 8.14. The van der Waals surface area contributed by atoms with Gasteiger partial charge in [-0.3, -0.25) is 10.2 Å². The molecule has 0 aliphatic carbocycles. The van der Waals surface area contributed by atoms with Gasteiger partial charge >= 0.3 is 0 Å². The summed E-state index contributed by atoms with van der Waals surface area (Å²) in [6, 6.07) is 20.6. The minimum atomic E-state index is -0.406. The van der Waals surface area contributed by atoms with E-state index in [0.29, 0.717) is 5.17 Å². The predicted octanol–water partition coefficient (Wildman–Crippen LogP) is 6.17. The van der Waals surface area contributed by atoms with E-state index >= 15 is 0 Å². The van der Waals surface area contributed by atoms with E-state index in [2.05, 4.69) is 64.9 Å². The molecule has 8 heteroatoms. The second-order valence-corrected chi connectivity index (χ2v) is 10.5. The maximum atomic E-state index is 12.9. The molecule has 2 aliphatic rings. The number of carbonyl (C=O) groups excluding carboxylic acids is 1. The fourth-order valence-electron chi connectivity index (χ4n) is 4.24. The Morgan fingerprint density at radius 2 is 1.83 bits per heavy atom. The van der Waals surface area contributed by atoms with Gasteiger partial charge in [0.15, 0.2) is 10.2 Å². The van der Waals surface area contributed by atoms with E-state index in [0.717, 1.165) is 39.2 Å². The van der Waals surface area contributed by atoms with Crippen molar-refractivity contribution in [2.24, 2.45) is 10.1 Å². The molecule has 1 N–H and O–H groups in total. The lowest BCUT2D eigenvalue weighted by molar-refractivity contribution is -0.114. The van der Waals surface area contributed by atoms with Crippen LogP contribution in [-0.2, 0) is 17.0 Å². The third kappa shape index (κ3) is 4.51. The highest BCUT2D eigenvalue weighted by Gasteiger charge is 2.36. The standard InChI is InChI=1S/C27H25N5OS2/c1-4-20-12-8-9-13-23(20)31-17(2)14-21(18(31)3)15-22-24(28)32-26(29-25(22)33)35-27(30-32)34-16-19-10-6-5-7-11-19/h5-15,28H,4,16H2,1-3H3/b22-15+,28-24?. The fraction of sp³-hybridized carbons (Fsp3) is 0.185. The van der Waals surface area contributed by atoms with Crippen LogP contribution in [0.15, 0.2) is 76.3 Å². The Morgan fingerprint density at radius 1 is 1.09 bits per heavy atom. The van der Waals surface area contributed by atoms with Crippen molar-refractivity contribution in [3.8, 4) is 5.69 Å². The molecule has 35 heavy (non-hydrogen) atoms. The molecule has 0 fully saturated rings. The number of hydrazone groups is 1. The lowest BCUT2D eigenvalue weighted by Gasteiger charge is -2.20. The van der Waals surface area contributed by atoms with E-state index in [-0.39, 0.29) is 11.4 Å². The number of hydrogen-bond donors (Lipinski definition) is 1. The average Bonchev–Trinajstić information content (AvgIpc) is 3.40. The number of nitrogens with one attached hydrogen (secondary N) is 1. The van der Waals surface area contributed by atoms with Crippen LogP contribution in [-0.4, -0.2) is 30.9 Å². The molecule has 1 amide bonds. The van der Waals surface area contributed by atoms with E-state index in [9.17, 15) is 4.79 Å². The molecule has 2 aliphatic heterocycles. The van der Waals surface area contributed by atoms with E-state index in [1.54, 1.807) is 17.8 Å². The summed E-state index contributed by atoms with van der Waals surface area (Å²) in [5, 5.41) is 15.2. The number of aryl methyl sites for hydroxylation is 2. The Kier molecular flexibility index (Phi) is 6.49. The fourth-order valence-corrected chi connectivity index (χ4v) is 6.12. The van der Waals surface area contributed by atoms with Crippen LogP contribution in [0.2, 0.25) is 0 Å². The molecule has 0 radical (unpaired) electrons. The smallest absolute Gasteiger partial charge is 0.283 e. The van der Waals surface area contributed by atoms with E-state index in [1.807, 2.05) is 31.2 Å². The molecular formula is C27H25N5OS2. The number of thioether (sulfide) groups is 2. The van der Waals surface area contributed by atoms with Crippen molar-refractivity contribution in [3.05, 3.63) is 94.3 Å². The summed E-state index contributed by atoms with van der Waals surface area (Å²) >= 11 is 2.92. The molecule has 0 unspecified atom stereocenters. The predicted molar refractivity (Wildman–Crippen MR) is 147 cm³/mol. The van der Waals surface area contributed by atoms with Crippen LogP contribution in [0, 0.1) is 19.3 Å². The summed E-state index contributed by atoms with van der Waals surface area (Å²) in [5.74, 6) is 0.418. The van der Waals surface area contributed by atoms with E-state index in [1.165, 1.54) is 27.9 Å². The molecule has 0 bridgehead atoms. The molecule has 3 aromatic rings. The molecule has 0 spiro atoms. The van der Waals surface area contributed by atoms with Crippen LogP contribution in [0.4, 0.5) is 0 Å². The van der Waals surface area contributed by atoms with Gasteiger partial charge in [0.1, 0.15) is 0 Å². The van der Waals surface area contributed by atoms with Gasteiger partial charge in [0, 0.05) is 22.8 Å². The van der Waals surface area contributed by atoms with Crippen LogP contribution >= 0.6 is 23.5 Å². The maximum absolute atomic E-state index is 12.9. The zero-order valence-electron chi connectivity index (χ0n) is 19.8. The number of benzene rings is 2. The van der Waals surface area contributed by atoms with Gasteiger partial charge in [-0.2, -0.15) is 10.0 Å². The number of nitrogens with zero attached hydrogens (tertiary/aromatic N) is 4. The number of para-hydroxylation sites is 1. The molecule has 0 saturated carbocycles. The highest BCUT2D eigenvalue weighted by Crippen LogP contribution is 2.34. The van der Waals surface area contributed by atoms with Crippen LogP contribution in [0.1, 0.15) is 35.0 Å². The quantitative estimate of drug-likeness (QED) is 0.426. The summed E-state index contributed by atoms with van der Waals surface area (Å²) < 4.78 is 2.99. The number of rotatable bonds is 5. The van der Waals surface area contributed by atoms with Gasteiger partial charge in [-0.15, -0.1) is 5.10 Å². The number of fused-ring (bicyclic) bond motifs is 1. The SMILES string of the molecule is CCc1ccccc1-n1c(C)cc(/C=C2\C(=N)N3N=C(SCc4ccccc4)SC3=NC2=O)c1C. The first kappa shape index (κ1) is 23.4. The van der Waals surface area contributed by atoms with Crippen molar-refractivity contribution in [2.75, 3.05) is 0 Å². The van der Waals surface area contributed by atoms with E-state index in [4.69, 9.17) is 5.41 Å². The highest BCUT2D eigenvalue weighted by molar-refractivity contribution is 8.45. The topological polar surface area (TPSA) is 73.8 Å². The molecular weight excluding hydrogens is 474 g/mol. The second-order valence-electron chi connectivity index (χ2n) is 8.30. The number of carbonyl (C=O) groups is 1. The first-order valence-corrected chi connectivity index (χ1v) is 13.2. The number of aliphatic imine (C=N–C) groups is 1. The van der Waals surface area contributed by atoms with Gasteiger partial charge in [-0.25, -0.2) is 0 Å². The summed E-state index contributed by atoms with van der Waals surface area (Å²) in [7, 11) is 0. The molecule has 3 heterocycles. The van der Waals surface area contributed by atoms with Gasteiger partial charge in [0.05, 0.1) is 5.57 Å². The monoisotopic (exact) mass is 499 g/mol. The van der Waals surface area contributed by atoms with Crippen molar-refractivity contribution >= 4 is 50.9 Å². The maximum Gasteiger partial charge on any atom is 0.283 e. The van der Waals surface area contributed by atoms with Crippen molar-refractivity contribution in [1.29, 1.82) is 5.41 Å². The first-order valence-electron chi connectivity index (χ1n) is 11.4. The van der Waals surface area contributed by atoms with Crippen molar-refractivity contribution < 1.29 is 4.79 Å². The molecule has 5 rings (SSSR count). The molecule has 2 aromatic carbocycles. The Labute approximate surface area is 213 Å². The van der Waals surface area contributed by atoms with Crippen molar-refractivity contribution in [2.45, 2.75) is 32.9 Å². The van der Waals surface area contributed by atoms with Crippen LogP contribution in [0.3, 0.4) is 0 Å². The van der Waals surface area contributed by atoms with Crippen LogP contribution in [0.5, 0.6) is 0 Å². The molecule has 0 atom stereocenters. The second kappa shape index (κ2) is 9.71. The van der Waals surface area contributed by atoms with Gasteiger partial charge in [-0.05, 0) is 66.9 Å². The normalized spacial score (nSPS) is 16.5. The average molecular weight is 500 g/mol. The zero-order chi connectivity index (χ0) is 24.5. The van der Waals surface area contributed by atoms with E-state index < -0.39 is 5.91 Å². The molecule has 6 nitrogen and oxygen atoms in total. The van der Waals surface area contributed by atoms with Gasteiger partial charge in [0.25, 0.3) is 5.91 Å². The number of hydrogen-bond acceptors (Lipinski definition) is 5. The minimum Gasteiger partial charge on any atom is -0.318 e. The Morgan fingerprint density at radius 3 is 2.60 bits per heavy atom. The lowest BCUT2D eigenvalue weighted by Crippen LogP contribution is -2.35. The Balaban J connectivity index is 1.42. The molecule has 1 aromatic heterocycles. The Bertz CT molecular complexity index is 1420. The third-order valence-electron chi connectivity index (χ3n) is 6.02. The van der Waals surface area contributed by atoms with Crippen molar-refractivity contribution in [3.63, 3.8) is 0 Å². The van der Waals surface area contributed by atoms with Gasteiger partial charge < -0.3 is 4.57 Å². The highest BCUT2D eigenvalue weighted by atomic mass is 32.2. The molecule has 176 valence electrons. The lowest BCUT2D eigenvalue weighted by atomic mass is 10.1.